The number of nitrogens with zero attached hydrogens (tertiary/aromatic N) is 1. The number of amides is 1. The van der Waals surface area contributed by atoms with Crippen LogP contribution in [-0.2, 0) is 14.8 Å². The average Bonchev–Trinajstić information content (AvgIpc) is 2.87. The number of sulfonamides is 1. The van der Waals surface area contributed by atoms with Crippen LogP contribution in [0.25, 0.3) is 0 Å². The minimum absolute atomic E-state index is 0.116. The minimum Gasteiger partial charge on any atom is -0.465 e. The number of hydrogen-bond acceptors (Lipinski definition) is 4. The Hall–Kier alpha value is -2.12. The molecule has 1 aromatic carbocycles. The number of carbonyl (C=O) groups is 1. The highest BCUT2D eigenvalue weighted by Crippen LogP contribution is 2.31. The van der Waals surface area contributed by atoms with Gasteiger partial charge in [0, 0.05) is 13.1 Å². The van der Waals surface area contributed by atoms with Gasteiger partial charge < -0.3 is 9.73 Å². The second-order valence-corrected chi connectivity index (χ2v) is 7.36. The predicted octanol–water partition coefficient (Wildman–Crippen LogP) is 1.76. The first-order valence-electron chi connectivity index (χ1n) is 7.33. The zero-order chi connectivity index (χ0) is 16.6. The van der Waals surface area contributed by atoms with Crippen LogP contribution in [0.2, 0.25) is 0 Å². The normalized spacial score (nSPS) is 19.6. The molecule has 122 valence electrons. The van der Waals surface area contributed by atoms with E-state index in [1.54, 1.807) is 38.1 Å². The molecule has 0 aliphatic carbocycles. The third kappa shape index (κ3) is 2.77. The molecule has 0 spiro atoms. The quantitative estimate of drug-likeness (QED) is 0.927. The first-order chi connectivity index (χ1) is 10.9. The van der Waals surface area contributed by atoms with E-state index < -0.39 is 16.1 Å². The summed E-state index contributed by atoms with van der Waals surface area (Å²) in [7, 11) is -3.82. The summed E-state index contributed by atoms with van der Waals surface area (Å²) in [6.07, 6.45) is 0. The Balaban J connectivity index is 2.08. The summed E-state index contributed by atoms with van der Waals surface area (Å²) in [5, 5.41) is 2.74. The Morgan fingerprint density at radius 3 is 2.52 bits per heavy atom. The summed E-state index contributed by atoms with van der Waals surface area (Å²) < 4.78 is 32.7. The van der Waals surface area contributed by atoms with Gasteiger partial charge in [-0.2, -0.15) is 4.31 Å². The average molecular weight is 334 g/mol. The highest BCUT2D eigenvalue weighted by Gasteiger charge is 2.40. The predicted molar refractivity (Wildman–Crippen MR) is 84.3 cm³/mol. The Morgan fingerprint density at radius 2 is 1.91 bits per heavy atom. The fraction of sp³-hybridized carbons (Fsp3) is 0.312. The minimum atomic E-state index is -3.82. The first kappa shape index (κ1) is 15.8. The molecular formula is C16H18N2O4S. The van der Waals surface area contributed by atoms with Crippen molar-refractivity contribution in [2.45, 2.75) is 24.8 Å². The number of aryl methyl sites for hydroxylation is 2. The van der Waals surface area contributed by atoms with Gasteiger partial charge in [-0.3, -0.25) is 4.79 Å². The van der Waals surface area contributed by atoms with Gasteiger partial charge >= 0.3 is 0 Å². The van der Waals surface area contributed by atoms with Gasteiger partial charge in [-0.15, -0.1) is 0 Å². The standard InChI is InChI=1S/C16H18N2O4S/c1-11-10-14(12(2)22-11)23(20,21)18-9-8-17-16(19)15(18)13-6-4-3-5-7-13/h3-7,10,15H,8-9H2,1-2H3,(H,17,19)/t15-/m1/s1. The molecule has 1 aliphatic rings. The lowest BCUT2D eigenvalue weighted by atomic mass is 10.1. The lowest BCUT2D eigenvalue weighted by Crippen LogP contribution is -2.52. The van der Waals surface area contributed by atoms with E-state index in [9.17, 15) is 13.2 Å². The molecule has 1 amide bonds. The largest absolute Gasteiger partial charge is 0.465 e. The molecule has 1 aliphatic heterocycles. The van der Waals surface area contributed by atoms with Crippen LogP contribution in [0.15, 0.2) is 45.7 Å². The van der Waals surface area contributed by atoms with Crippen molar-refractivity contribution >= 4 is 15.9 Å². The number of piperazine rings is 1. The van der Waals surface area contributed by atoms with Crippen LogP contribution >= 0.6 is 0 Å². The molecule has 2 aromatic rings. The molecule has 1 saturated heterocycles. The molecule has 0 radical (unpaired) electrons. The maximum absolute atomic E-state index is 13.0. The molecule has 0 bridgehead atoms. The summed E-state index contributed by atoms with van der Waals surface area (Å²) >= 11 is 0. The monoisotopic (exact) mass is 334 g/mol. The Labute approximate surface area is 135 Å². The molecule has 6 nitrogen and oxygen atoms in total. The number of rotatable bonds is 3. The second-order valence-electron chi connectivity index (χ2n) is 5.50. The molecule has 1 aromatic heterocycles. The smallest absolute Gasteiger partial charge is 0.247 e. The van der Waals surface area contributed by atoms with E-state index in [0.717, 1.165) is 0 Å². The first-order valence-corrected chi connectivity index (χ1v) is 8.77. The summed E-state index contributed by atoms with van der Waals surface area (Å²) in [4.78, 5) is 12.4. The molecule has 0 saturated carbocycles. The summed E-state index contributed by atoms with van der Waals surface area (Å²) in [5.41, 5.74) is 0.645. The van der Waals surface area contributed by atoms with Crippen molar-refractivity contribution in [2.24, 2.45) is 0 Å². The van der Waals surface area contributed by atoms with Gasteiger partial charge in [0.15, 0.2) is 0 Å². The van der Waals surface area contributed by atoms with Crippen LogP contribution in [0.4, 0.5) is 0 Å². The highest BCUT2D eigenvalue weighted by molar-refractivity contribution is 7.89. The summed E-state index contributed by atoms with van der Waals surface area (Å²) in [6.45, 7) is 3.82. The summed E-state index contributed by atoms with van der Waals surface area (Å²) in [6, 6.07) is 9.54. The lowest BCUT2D eigenvalue weighted by molar-refractivity contribution is -0.126. The van der Waals surface area contributed by atoms with E-state index >= 15 is 0 Å². The lowest BCUT2D eigenvalue weighted by Gasteiger charge is -2.34. The zero-order valence-electron chi connectivity index (χ0n) is 12.9. The fourth-order valence-electron chi connectivity index (χ4n) is 2.85. The topological polar surface area (TPSA) is 79.6 Å². The Morgan fingerprint density at radius 1 is 1.22 bits per heavy atom. The maximum Gasteiger partial charge on any atom is 0.247 e. The number of carbonyl (C=O) groups excluding carboxylic acids is 1. The van der Waals surface area contributed by atoms with Gasteiger partial charge in [0.1, 0.15) is 22.5 Å². The van der Waals surface area contributed by atoms with Crippen molar-refractivity contribution in [3.8, 4) is 0 Å². The van der Waals surface area contributed by atoms with E-state index in [1.807, 2.05) is 6.07 Å². The van der Waals surface area contributed by atoms with Gasteiger partial charge in [-0.25, -0.2) is 8.42 Å². The number of hydrogen-bond donors (Lipinski definition) is 1. The zero-order valence-corrected chi connectivity index (χ0v) is 13.8. The number of furan rings is 1. The molecule has 0 unspecified atom stereocenters. The number of nitrogens with one attached hydrogen (secondary N) is 1. The van der Waals surface area contributed by atoms with Crippen LogP contribution in [0.5, 0.6) is 0 Å². The molecule has 1 atom stereocenters. The molecule has 2 heterocycles. The van der Waals surface area contributed by atoms with Crippen LogP contribution < -0.4 is 5.32 Å². The fourth-order valence-corrected chi connectivity index (χ4v) is 4.65. The second kappa shape index (κ2) is 5.82. The van der Waals surface area contributed by atoms with Crippen molar-refractivity contribution in [3.63, 3.8) is 0 Å². The van der Waals surface area contributed by atoms with E-state index in [-0.39, 0.29) is 23.9 Å². The van der Waals surface area contributed by atoms with E-state index in [2.05, 4.69) is 5.32 Å². The third-order valence-electron chi connectivity index (χ3n) is 3.87. The van der Waals surface area contributed by atoms with Crippen molar-refractivity contribution < 1.29 is 17.6 Å². The highest BCUT2D eigenvalue weighted by atomic mass is 32.2. The molecule has 1 fully saturated rings. The SMILES string of the molecule is Cc1cc(S(=O)(=O)N2CCNC(=O)[C@H]2c2ccccc2)c(C)o1. The molecule has 1 N–H and O–H groups in total. The van der Waals surface area contributed by atoms with Crippen LogP contribution in [0.3, 0.4) is 0 Å². The van der Waals surface area contributed by atoms with Crippen molar-refractivity contribution in [2.75, 3.05) is 13.1 Å². The van der Waals surface area contributed by atoms with Gasteiger partial charge in [-0.05, 0) is 25.5 Å². The van der Waals surface area contributed by atoms with Crippen LogP contribution in [-0.4, -0.2) is 31.7 Å². The van der Waals surface area contributed by atoms with Gasteiger partial charge in [0.25, 0.3) is 0 Å². The molecule has 3 rings (SSSR count). The third-order valence-corrected chi connectivity index (χ3v) is 5.84. The van der Waals surface area contributed by atoms with Crippen molar-refractivity contribution in [1.82, 2.24) is 9.62 Å². The molecule has 7 heteroatoms. The molecule has 23 heavy (non-hydrogen) atoms. The van der Waals surface area contributed by atoms with Crippen molar-refractivity contribution in [3.05, 3.63) is 53.5 Å². The number of benzene rings is 1. The molecular weight excluding hydrogens is 316 g/mol. The Kier molecular flexibility index (Phi) is 3.99. The van der Waals surface area contributed by atoms with E-state index in [4.69, 9.17) is 4.42 Å². The van der Waals surface area contributed by atoms with Crippen LogP contribution in [0.1, 0.15) is 23.1 Å². The maximum atomic E-state index is 13.0. The van der Waals surface area contributed by atoms with Gasteiger partial charge in [0.2, 0.25) is 15.9 Å². The summed E-state index contributed by atoms with van der Waals surface area (Å²) in [5.74, 6) is 0.544. The van der Waals surface area contributed by atoms with Gasteiger partial charge in [-0.1, -0.05) is 30.3 Å². The van der Waals surface area contributed by atoms with E-state index in [1.165, 1.54) is 10.4 Å². The van der Waals surface area contributed by atoms with E-state index in [0.29, 0.717) is 17.1 Å². The van der Waals surface area contributed by atoms with Crippen LogP contribution in [0, 0.1) is 13.8 Å². The van der Waals surface area contributed by atoms with Gasteiger partial charge in [0.05, 0.1) is 0 Å². The van der Waals surface area contributed by atoms with Crippen molar-refractivity contribution in [1.29, 1.82) is 0 Å². The Bertz CT molecular complexity index is 827.